The highest BCUT2D eigenvalue weighted by Crippen LogP contribution is 2.26. The van der Waals surface area contributed by atoms with Gasteiger partial charge in [-0.15, -0.1) is 0 Å². The number of anilines is 2. The SMILES string of the molecule is CCC(CC)CN(CC)c1ncc(N)cc1Cl. The molecule has 0 bridgehead atoms. The summed E-state index contributed by atoms with van der Waals surface area (Å²) in [5.74, 6) is 1.53. The van der Waals surface area contributed by atoms with Crippen LogP contribution in [0.2, 0.25) is 5.02 Å². The van der Waals surface area contributed by atoms with E-state index in [0.717, 1.165) is 18.9 Å². The maximum absolute atomic E-state index is 6.19. The molecule has 0 aliphatic heterocycles. The number of rotatable bonds is 6. The fraction of sp³-hybridized carbons (Fsp3) is 0.615. The van der Waals surface area contributed by atoms with Crippen molar-refractivity contribution in [2.45, 2.75) is 33.6 Å². The van der Waals surface area contributed by atoms with E-state index in [0.29, 0.717) is 16.6 Å². The number of aromatic nitrogens is 1. The van der Waals surface area contributed by atoms with Crippen LogP contribution in [0.15, 0.2) is 12.3 Å². The molecular formula is C13H22ClN3. The van der Waals surface area contributed by atoms with Crippen LogP contribution in [0.4, 0.5) is 11.5 Å². The number of nitrogens with zero attached hydrogens (tertiary/aromatic N) is 2. The van der Waals surface area contributed by atoms with Gasteiger partial charge in [0, 0.05) is 13.1 Å². The highest BCUT2D eigenvalue weighted by molar-refractivity contribution is 6.33. The largest absolute Gasteiger partial charge is 0.397 e. The molecule has 0 radical (unpaired) electrons. The van der Waals surface area contributed by atoms with Crippen molar-refractivity contribution in [1.29, 1.82) is 0 Å². The Bertz CT molecular complexity index is 351. The number of halogens is 1. The molecule has 0 amide bonds. The average Bonchev–Trinajstić information content (AvgIpc) is 2.32. The molecule has 1 rings (SSSR count). The van der Waals surface area contributed by atoms with Crippen molar-refractivity contribution in [3.05, 3.63) is 17.3 Å². The second-order valence-corrected chi connectivity index (χ2v) is 4.70. The van der Waals surface area contributed by atoms with Gasteiger partial charge < -0.3 is 10.6 Å². The van der Waals surface area contributed by atoms with Crippen LogP contribution in [-0.2, 0) is 0 Å². The molecule has 0 spiro atoms. The summed E-state index contributed by atoms with van der Waals surface area (Å²) in [5.41, 5.74) is 6.27. The van der Waals surface area contributed by atoms with Gasteiger partial charge in [-0.2, -0.15) is 0 Å². The first kappa shape index (κ1) is 14.1. The third kappa shape index (κ3) is 3.77. The Labute approximate surface area is 109 Å². The molecule has 3 nitrogen and oxygen atoms in total. The van der Waals surface area contributed by atoms with Crippen molar-refractivity contribution in [3.63, 3.8) is 0 Å². The van der Waals surface area contributed by atoms with Gasteiger partial charge in [-0.1, -0.05) is 38.3 Å². The maximum Gasteiger partial charge on any atom is 0.147 e. The second-order valence-electron chi connectivity index (χ2n) is 4.30. The van der Waals surface area contributed by atoms with E-state index in [1.807, 2.05) is 0 Å². The molecule has 17 heavy (non-hydrogen) atoms. The lowest BCUT2D eigenvalue weighted by atomic mass is 10.0. The monoisotopic (exact) mass is 255 g/mol. The van der Waals surface area contributed by atoms with E-state index in [-0.39, 0.29) is 0 Å². The molecular weight excluding hydrogens is 234 g/mol. The summed E-state index contributed by atoms with van der Waals surface area (Å²) in [6.45, 7) is 8.48. The molecule has 4 heteroatoms. The standard InChI is InChI=1S/C13H22ClN3/c1-4-10(5-2)9-17(6-3)13-12(14)7-11(15)8-16-13/h7-8,10H,4-6,9,15H2,1-3H3. The highest BCUT2D eigenvalue weighted by Gasteiger charge is 2.14. The fourth-order valence-electron chi connectivity index (χ4n) is 1.90. The Kier molecular flexibility index (Phi) is 5.56. The molecule has 96 valence electrons. The lowest BCUT2D eigenvalue weighted by molar-refractivity contribution is 0.484. The summed E-state index contributed by atoms with van der Waals surface area (Å²) in [5, 5.41) is 0.637. The number of pyridine rings is 1. The molecule has 2 N–H and O–H groups in total. The summed E-state index contributed by atoms with van der Waals surface area (Å²) in [6, 6.07) is 1.76. The Balaban J connectivity index is 2.85. The van der Waals surface area contributed by atoms with E-state index in [2.05, 4.69) is 30.7 Å². The van der Waals surface area contributed by atoms with Crippen LogP contribution in [-0.4, -0.2) is 18.1 Å². The van der Waals surface area contributed by atoms with Crippen LogP contribution in [0, 0.1) is 5.92 Å². The Morgan fingerprint density at radius 2 is 2.00 bits per heavy atom. The first-order valence-corrected chi connectivity index (χ1v) is 6.66. The van der Waals surface area contributed by atoms with Gasteiger partial charge in [0.1, 0.15) is 5.82 Å². The molecule has 1 aromatic heterocycles. The number of nitrogen functional groups attached to an aromatic ring is 1. The molecule has 0 aliphatic rings. The van der Waals surface area contributed by atoms with E-state index in [4.69, 9.17) is 17.3 Å². The smallest absolute Gasteiger partial charge is 0.147 e. The minimum Gasteiger partial charge on any atom is -0.397 e. The molecule has 0 fully saturated rings. The zero-order valence-electron chi connectivity index (χ0n) is 10.9. The van der Waals surface area contributed by atoms with Crippen LogP contribution in [0.25, 0.3) is 0 Å². The second kappa shape index (κ2) is 6.70. The average molecular weight is 256 g/mol. The zero-order chi connectivity index (χ0) is 12.8. The molecule has 1 aromatic rings. The van der Waals surface area contributed by atoms with Crippen LogP contribution >= 0.6 is 11.6 Å². The molecule has 0 unspecified atom stereocenters. The Hall–Kier alpha value is -0.960. The van der Waals surface area contributed by atoms with Crippen molar-refractivity contribution in [2.75, 3.05) is 23.7 Å². The summed E-state index contributed by atoms with van der Waals surface area (Å²) in [7, 11) is 0. The van der Waals surface area contributed by atoms with Gasteiger partial charge in [-0.3, -0.25) is 0 Å². The van der Waals surface area contributed by atoms with Gasteiger partial charge in [0.05, 0.1) is 16.9 Å². The van der Waals surface area contributed by atoms with E-state index >= 15 is 0 Å². The fourth-order valence-corrected chi connectivity index (χ4v) is 2.20. The number of hydrogen-bond donors (Lipinski definition) is 1. The predicted molar refractivity (Wildman–Crippen MR) is 75.6 cm³/mol. The molecule has 0 aromatic carbocycles. The normalized spacial score (nSPS) is 10.9. The minimum absolute atomic E-state index is 0.609. The van der Waals surface area contributed by atoms with E-state index in [1.54, 1.807) is 12.3 Å². The van der Waals surface area contributed by atoms with E-state index in [9.17, 15) is 0 Å². The summed E-state index contributed by atoms with van der Waals surface area (Å²) in [6.07, 6.45) is 4.02. The third-order valence-corrected chi connectivity index (χ3v) is 3.44. The Morgan fingerprint density at radius 3 is 2.47 bits per heavy atom. The van der Waals surface area contributed by atoms with Crippen molar-refractivity contribution in [3.8, 4) is 0 Å². The number of hydrogen-bond acceptors (Lipinski definition) is 3. The summed E-state index contributed by atoms with van der Waals surface area (Å²) in [4.78, 5) is 6.56. The first-order valence-electron chi connectivity index (χ1n) is 6.28. The van der Waals surface area contributed by atoms with Gasteiger partial charge in [-0.05, 0) is 18.9 Å². The highest BCUT2D eigenvalue weighted by atomic mass is 35.5. The first-order chi connectivity index (χ1) is 8.12. The van der Waals surface area contributed by atoms with Crippen LogP contribution in [0.3, 0.4) is 0 Å². The van der Waals surface area contributed by atoms with Crippen molar-refractivity contribution in [2.24, 2.45) is 5.92 Å². The summed E-state index contributed by atoms with van der Waals surface area (Å²) < 4.78 is 0. The lowest BCUT2D eigenvalue weighted by Crippen LogP contribution is -2.30. The van der Waals surface area contributed by atoms with Gasteiger partial charge in [0.15, 0.2) is 0 Å². The van der Waals surface area contributed by atoms with Gasteiger partial charge in [-0.25, -0.2) is 4.98 Å². The third-order valence-electron chi connectivity index (χ3n) is 3.16. The van der Waals surface area contributed by atoms with Crippen LogP contribution < -0.4 is 10.6 Å². The quantitative estimate of drug-likeness (QED) is 0.845. The molecule has 1 heterocycles. The molecule has 0 atom stereocenters. The predicted octanol–water partition coefficient (Wildman–Crippen LogP) is 3.58. The summed E-state index contributed by atoms with van der Waals surface area (Å²) >= 11 is 6.19. The van der Waals surface area contributed by atoms with Gasteiger partial charge >= 0.3 is 0 Å². The molecule has 0 saturated heterocycles. The zero-order valence-corrected chi connectivity index (χ0v) is 11.7. The topological polar surface area (TPSA) is 42.2 Å². The van der Waals surface area contributed by atoms with Crippen LogP contribution in [0.5, 0.6) is 0 Å². The minimum atomic E-state index is 0.609. The van der Waals surface area contributed by atoms with Crippen molar-refractivity contribution < 1.29 is 0 Å². The molecule has 0 aliphatic carbocycles. The Morgan fingerprint density at radius 1 is 1.35 bits per heavy atom. The van der Waals surface area contributed by atoms with Crippen molar-refractivity contribution in [1.82, 2.24) is 4.98 Å². The van der Waals surface area contributed by atoms with E-state index in [1.165, 1.54) is 12.8 Å². The lowest BCUT2D eigenvalue weighted by Gasteiger charge is -2.27. The van der Waals surface area contributed by atoms with Gasteiger partial charge in [0.25, 0.3) is 0 Å². The van der Waals surface area contributed by atoms with Crippen LogP contribution in [0.1, 0.15) is 33.6 Å². The number of nitrogens with two attached hydrogens (primary N) is 1. The van der Waals surface area contributed by atoms with Crippen molar-refractivity contribution >= 4 is 23.1 Å². The maximum atomic E-state index is 6.19. The molecule has 0 saturated carbocycles. The van der Waals surface area contributed by atoms with E-state index < -0.39 is 0 Å². The van der Waals surface area contributed by atoms with Gasteiger partial charge in [0.2, 0.25) is 0 Å².